The molecule has 0 radical (unpaired) electrons. The van der Waals surface area contributed by atoms with E-state index in [0.29, 0.717) is 24.4 Å². The van der Waals surface area contributed by atoms with Crippen LogP contribution in [0.15, 0.2) is 18.2 Å². The summed E-state index contributed by atoms with van der Waals surface area (Å²) in [6, 6.07) is 5.31. The number of hydrogen-bond donors (Lipinski definition) is 2. The first-order valence-corrected chi connectivity index (χ1v) is 7.07. The number of para-hydroxylation sites is 1. The first kappa shape index (κ1) is 16.3. The molecule has 20 heavy (non-hydrogen) atoms. The number of nitrogens with two attached hydrogens (primary N) is 1. The summed E-state index contributed by atoms with van der Waals surface area (Å²) in [6.45, 7) is 5.53. The minimum absolute atomic E-state index is 0.0484. The molecule has 1 aromatic rings. The quantitative estimate of drug-likeness (QED) is 0.563. The lowest BCUT2D eigenvalue weighted by molar-refractivity contribution is 0.0527. The van der Waals surface area contributed by atoms with Gasteiger partial charge in [-0.25, -0.2) is 4.79 Å². The maximum Gasteiger partial charge on any atom is 0.340 e. The standard InChI is InChI=1S/C15H24N2O3/c1-3-5-9-17(10-11-18)13-8-6-7-12(14(13)16)15(19)20-4-2/h6-8,18H,3-5,9-11,16H2,1-2H3. The van der Waals surface area contributed by atoms with E-state index in [1.165, 1.54) is 0 Å². The maximum atomic E-state index is 11.8. The molecule has 0 aliphatic rings. The number of hydrogen-bond acceptors (Lipinski definition) is 5. The van der Waals surface area contributed by atoms with Crippen molar-refractivity contribution in [1.29, 1.82) is 0 Å². The Balaban J connectivity index is 3.03. The van der Waals surface area contributed by atoms with Gasteiger partial charge in [0.2, 0.25) is 0 Å². The van der Waals surface area contributed by atoms with E-state index in [4.69, 9.17) is 10.5 Å². The summed E-state index contributed by atoms with van der Waals surface area (Å²) in [4.78, 5) is 13.8. The number of nitrogens with zero attached hydrogens (tertiary/aromatic N) is 1. The number of anilines is 2. The third-order valence-electron chi connectivity index (χ3n) is 3.07. The first-order valence-electron chi connectivity index (χ1n) is 7.07. The normalized spacial score (nSPS) is 10.3. The molecular formula is C15H24N2O3. The van der Waals surface area contributed by atoms with Gasteiger partial charge in [0.1, 0.15) is 0 Å². The molecule has 3 N–H and O–H groups in total. The lowest BCUT2D eigenvalue weighted by Gasteiger charge is -2.26. The van der Waals surface area contributed by atoms with Crippen molar-refractivity contribution in [3.8, 4) is 0 Å². The van der Waals surface area contributed by atoms with Crippen molar-refractivity contribution in [2.45, 2.75) is 26.7 Å². The van der Waals surface area contributed by atoms with E-state index in [1.807, 2.05) is 11.0 Å². The summed E-state index contributed by atoms with van der Waals surface area (Å²) >= 11 is 0. The molecule has 0 fully saturated rings. The number of nitrogen functional groups attached to an aromatic ring is 1. The summed E-state index contributed by atoms with van der Waals surface area (Å²) in [6.07, 6.45) is 2.06. The minimum Gasteiger partial charge on any atom is -0.462 e. The molecule has 0 aliphatic carbocycles. The number of aliphatic hydroxyl groups excluding tert-OH is 1. The van der Waals surface area contributed by atoms with Crippen molar-refractivity contribution in [2.24, 2.45) is 0 Å². The highest BCUT2D eigenvalue weighted by Gasteiger charge is 2.16. The Morgan fingerprint density at radius 2 is 2.10 bits per heavy atom. The highest BCUT2D eigenvalue weighted by Crippen LogP contribution is 2.27. The molecule has 5 heteroatoms. The molecule has 112 valence electrons. The molecule has 0 unspecified atom stereocenters. The minimum atomic E-state index is -0.411. The summed E-state index contributed by atoms with van der Waals surface area (Å²) in [5.41, 5.74) is 7.66. The Kier molecular flexibility index (Phi) is 6.87. The number of carbonyl (C=O) groups excluding carboxylic acids is 1. The Morgan fingerprint density at radius 1 is 1.35 bits per heavy atom. The molecule has 0 saturated carbocycles. The van der Waals surface area contributed by atoms with Crippen LogP contribution in [-0.4, -0.2) is 37.4 Å². The van der Waals surface area contributed by atoms with Gasteiger partial charge in [-0.1, -0.05) is 19.4 Å². The van der Waals surface area contributed by atoms with E-state index >= 15 is 0 Å². The summed E-state index contributed by atoms with van der Waals surface area (Å²) in [7, 11) is 0. The molecule has 0 heterocycles. The molecule has 1 aromatic carbocycles. The topological polar surface area (TPSA) is 75.8 Å². The molecule has 5 nitrogen and oxygen atoms in total. The molecule has 1 rings (SSSR count). The van der Waals surface area contributed by atoms with E-state index in [0.717, 1.165) is 25.1 Å². The number of benzene rings is 1. The van der Waals surface area contributed by atoms with Gasteiger partial charge in [-0.2, -0.15) is 0 Å². The number of esters is 1. The van der Waals surface area contributed by atoms with Gasteiger partial charge in [0, 0.05) is 13.1 Å². The average molecular weight is 280 g/mol. The summed E-state index contributed by atoms with van der Waals surface area (Å²) in [5, 5.41) is 9.18. The SMILES string of the molecule is CCCCN(CCO)c1cccc(C(=O)OCC)c1N. The summed E-state index contributed by atoms with van der Waals surface area (Å²) in [5.74, 6) is -0.411. The highest BCUT2D eigenvalue weighted by molar-refractivity contribution is 5.98. The predicted octanol–water partition coefficient (Wildman–Crippen LogP) is 2.04. The predicted molar refractivity (Wildman–Crippen MR) is 81.0 cm³/mol. The lowest BCUT2D eigenvalue weighted by Crippen LogP contribution is -2.29. The third-order valence-corrected chi connectivity index (χ3v) is 3.07. The fraction of sp³-hybridized carbons (Fsp3) is 0.533. The van der Waals surface area contributed by atoms with Crippen LogP contribution >= 0.6 is 0 Å². The van der Waals surface area contributed by atoms with E-state index < -0.39 is 5.97 Å². The van der Waals surface area contributed by atoms with Crippen LogP contribution in [0, 0.1) is 0 Å². The van der Waals surface area contributed by atoms with Crippen molar-refractivity contribution >= 4 is 17.3 Å². The van der Waals surface area contributed by atoms with Gasteiger partial charge < -0.3 is 20.5 Å². The molecule has 0 saturated heterocycles. The molecule has 0 spiro atoms. The van der Waals surface area contributed by atoms with Crippen LogP contribution in [0.3, 0.4) is 0 Å². The van der Waals surface area contributed by atoms with Gasteiger partial charge >= 0.3 is 5.97 Å². The lowest BCUT2D eigenvalue weighted by atomic mass is 10.1. The van der Waals surface area contributed by atoms with Crippen molar-refractivity contribution in [2.75, 3.05) is 36.9 Å². The second kappa shape index (κ2) is 8.43. The Morgan fingerprint density at radius 3 is 2.70 bits per heavy atom. The fourth-order valence-electron chi connectivity index (χ4n) is 2.04. The van der Waals surface area contributed by atoms with E-state index in [-0.39, 0.29) is 6.61 Å². The smallest absolute Gasteiger partial charge is 0.340 e. The van der Waals surface area contributed by atoms with Gasteiger partial charge in [0.05, 0.1) is 30.2 Å². The van der Waals surface area contributed by atoms with Crippen LogP contribution in [0.5, 0.6) is 0 Å². The van der Waals surface area contributed by atoms with E-state index in [2.05, 4.69) is 6.92 Å². The molecule has 0 aliphatic heterocycles. The zero-order valence-corrected chi connectivity index (χ0v) is 12.3. The number of aliphatic hydroxyl groups is 1. The number of ether oxygens (including phenoxy) is 1. The van der Waals surface area contributed by atoms with Gasteiger partial charge in [-0.05, 0) is 25.5 Å². The fourth-order valence-corrected chi connectivity index (χ4v) is 2.04. The van der Waals surface area contributed by atoms with Crippen LogP contribution in [0.1, 0.15) is 37.0 Å². The third kappa shape index (κ3) is 4.13. The number of rotatable bonds is 8. The highest BCUT2D eigenvalue weighted by atomic mass is 16.5. The first-order chi connectivity index (χ1) is 9.65. The Bertz CT molecular complexity index is 435. The second-order valence-electron chi connectivity index (χ2n) is 4.52. The largest absolute Gasteiger partial charge is 0.462 e. The molecule has 0 atom stereocenters. The zero-order valence-electron chi connectivity index (χ0n) is 12.3. The molecule has 0 aromatic heterocycles. The molecular weight excluding hydrogens is 256 g/mol. The number of unbranched alkanes of at least 4 members (excludes halogenated alkanes) is 1. The zero-order chi connectivity index (χ0) is 15.0. The van der Waals surface area contributed by atoms with Crippen LogP contribution < -0.4 is 10.6 Å². The van der Waals surface area contributed by atoms with Crippen LogP contribution in [0.4, 0.5) is 11.4 Å². The van der Waals surface area contributed by atoms with Crippen molar-refractivity contribution in [3.63, 3.8) is 0 Å². The van der Waals surface area contributed by atoms with Crippen LogP contribution in [-0.2, 0) is 4.74 Å². The second-order valence-corrected chi connectivity index (χ2v) is 4.52. The number of carbonyl (C=O) groups is 1. The van der Waals surface area contributed by atoms with Crippen molar-refractivity contribution in [3.05, 3.63) is 23.8 Å². The van der Waals surface area contributed by atoms with Gasteiger partial charge in [0.15, 0.2) is 0 Å². The monoisotopic (exact) mass is 280 g/mol. The van der Waals surface area contributed by atoms with Crippen LogP contribution in [0.2, 0.25) is 0 Å². The Labute approximate surface area is 120 Å². The van der Waals surface area contributed by atoms with E-state index in [9.17, 15) is 9.90 Å². The molecule has 0 amide bonds. The summed E-state index contributed by atoms with van der Waals surface area (Å²) < 4.78 is 5.00. The molecule has 0 bridgehead atoms. The van der Waals surface area contributed by atoms with Crippen molar-refractivity contribution in [1.82, 2.24) is 0 Å². The maximum absolute atomic E-state index is 11.8. The van der Waals surface area contributed by atoms with Gasteiger partial charge in [-0.3, -0.25) is 0 Å². The van der Waals surface area contributed by atoms with Gasteiger partial charge in [-0.15, -0.1) is 0 Å². The van der Waals surface area contributed by atoms with Gasteiger partial charge in [0.25, 0.3) is 0 Å². The van der Waals surface area contributed by atoms with E-state index in [1.54, 1.807) is 19.1 Å². The van der Waals surface area contributed by atoms with Crippen LogP contribution in [0.25, 0.3) is 0 Å². The van der Waals surface area contributed by atoms with Crippen molar-refractivity contribution < 1.29 is 14.6 Å². The average Bonchev–Trinajstić information content (AvgIpc) is 2.44. The Hall–Kier alpha value is -1.75.